The molecule has 0 saturated carbocycles. The fraction of sp³-hybridized carbons (Fsp3) is 0.111. The van der Waals surface area contributed by atoms with Crippen molar-refractivity contribution in [1.82, 2.24) is 0 Å². The minimum Gasteiger partial charge on any atom is -0.276 e. The van der Waals surface area contributed by atoms with Crippen LogP contribution in [-0.2, 0) is 6.18 Å². The lowest BCUT2D eigenvalue weighted by atomic mass is 10.0. The largest absolute Gasteiger partial charge is 0.417 e. The maximum absolute atomic E-state index is 12.5. The summed E-state index contributed by atoms with van der Waals surface area (Å²) in [7, 11) is 0. The summed E-state index contributed by atoms with van der Waals surface area (Å²) in [4.78, 5) is 10.9. The Labute approximate surface area is 107 Å². The average molecular weight is 359 g/mol. The molecule has 84 valence electrons. The fourth-order valence-electron chi connectivity index (χ4n) is 1.05. The molecule has 1 aromatic carbocycles. The van der Waals surface area contributed by atoms with E-state index in [2.05, 4.69) is 0 Å². The van der Waals surface area contributed by atoms with E-state index in [1.807, 2.05) is 0 Å². The maximum atomic E-state index is 12.5. The molecule has 0 N–H and O–H groups in total. The van der Waals surface area contributed by atoms with Gasteiger partial charge in [0.2, 0.25) is 0 Å². The Kier molecular flexibility index (Phi) is 3.80. The van der Waals surface area contributed by atoms with Crippen LogP contribution in [0.2, 0.25) is 0 Å². The van der Waals surface area contributed by atoms with Crippen LogP contribution in [0.5, 0.6) is 0 Å². The molecule has 0 saturated heterocycles. The topological polar surface area (TPSA) is 40.9 Å². The van der Waals surface area contributed by atoms with E-state index in [1.54, 1.807) is 22.6 Å². The van der Waals surface area contributed by atoms with Gasteiger partial charge in [-0.3, -0.25) is 4.79 Å². The molecule has 0 aliphatic heterocycles. The lowest BCUT2D eigenvalue weighted by Crippen LogP contribution is -2.10. The van der Waals surface area contributed by atoms with E-state index in [4.69, 9.17) is 16.9 Å². The number of benzene rings is 1. The molecular weight excluding hydrogens is 357 g/mol. The maximum Gasteiger partial charge on any atom is 0.417 e. The predicted molar refractivity (Wildman–Crippen MR) is 59.1 cm³/mol. The first-order valence-electron chi connectivity index (χ1n) is 3.78. The van der Waals surface area contributed by atoms with Crippen LogP contribution < -0.4 is 0 Å². The van der Waals surface area contributed by atoms with Gasteiger partial charge in [-0.2, -0.15) is 18.4 Å². The zero-order valence-corrected chi connectivity index (χ0v) is 10.3. The molecule has 0 unspecified atom stereocenters. The first-order valence-corrected chi connectivity index (χ1v) is 5.23. The van der Waals surface area contributed by atoms with Gasteiger partial charge in [0.15, 0.2) is 0 Å². The minimum atomic E-state index is -4.68. The van der Waals surface area contributed by atoms with E-state index >= 15 is 0 Å². The molecule has 7 heteroatoms. The van der Waals surface area contributed by atoms with Crippen LogP contribution in [-0.4, -0.2) is 5.24 Å². The van der Waals surface area contributed by atoms with Crippen LogP contribution in [0.15, 0.2) is 12.1 Å². The van der Waals surface area contributed by atoms with Gasteiger partial charge in [-0.25, -0.2) is 0 Å². The molecule has 0 fully saturated rings. The number of alkyl halides is 3. The van der Waals surface area contributed by atoms with Crippen LogP contribution in [0.1, 0.15) is 21.5 Å². The van der Waals surface area contributed by atoms with Gasteiger partial charge in [-0.15, -0.1) is 0 Å². The second-order valence-electron chi connectivity index (χ2n) is 2.76. The van der Waals surface area contributed by atoms with E-state index in [0.717, 1.165) is 6.07 Å². The SMILES string of the molecule is N#Cc1cc(I)c(C(=O)Cl)cc1C(F)(F)F. The van der Waals surface area contributed by atoms with Gasteiger partial charge < -0.3 is 0 Å². The van der Waals surface area contributed by atoms with Crippen LogP contribution in [0.3, 0.4) is 0 Å². The summed E-state index contributed by atoms with van der Waals surface area (Å²) in [6, 6.07) is 3.01. The zero-order valence-electron chi connectivity index (χ0n) is 7.40. The average Bonchev–Trinajstić information content (AvgIpc) is 2.14. The van der Waals surface area contributed by atoms with Gasteiger partial charge >= 0.3 is 6.18 Å². The molecule has 0 atom stereocenters. The monoisotopic (exact) mass is 359 g/mol. The number of hydrogen-bond donors (Lipinski definition) is 0. The molecule has 0 aromatic heterocycles. The number of nitrogens with zero attached hydrogens (tertiary/aromatic N) is 1. The highest BCUT2D eigenvalue weighted by Gasteiger charge is 2.34. The third kappa shape index (κ3) is 2.65. The quantitative estimate of drug-likeness (QED) is 0.568. The summed E-state index contributed by atoms with van der Waals surface area (Å²) in [5, 5.41) is 7.58. The molecule has 0 bridgehead atoms. The number of nitriles is 1. The Balaban J connectivity index is 3.55. The van der Waals surface area contributed by atoms with Crippen molar-refractivity contribution in [3.8, 4) is 6.07 Å². The Hall–Kier alpha value is -0.810. The fourth-order valence-corrected chi connectivity index (χ4v) is 2.08. The summed E-state index contributed by atoms with van der Waals surface area (Å²) >= 11 is 6.78. The summed E-state index contributed by atoms with van der Waals surface area (Å²) in [5.74, 6) is 0. The second kappa shape index (κ2) is 4.59. The second-order valence-corrected chi connectivity index (χ2v) is 4.27. The zero-order chi connectivity index (χ0) is 12.5. The summed E-state index contributed by atoms with van der Waals surface area (Å²) in [5.41, 5.74) is -1.94. The van der Waals surface area contributed by atoms with E-state index in [0.29, 0.717) is 6.07 Å². The Bertz CT molecular complexity index is 493. The third-order valence-corrected chi connectivity index (χ3v) is 2.84. The van der Waals surface area contributed by atoms with Crippen molar-refractivity contribution in [1.29, 1.82) is 5.26 Å². The Morgan fingerprint density at radius 1 is 1.44 bits per heavy atom. The molecule has 0 aliphatic rings. The summed E-state index contributed by atoms with van der Waals surface area (Å²) in [6.07, 6.45) is -4.68. The molecule has 1 rings (SSSR count). The van der Waals surface area contributed by atoms with Crippen molar-refractivity contribution >= 4 is 39.4 Å². The van der Waals surface area contributed by atoms with E-state index in [1.165, 1.54) is 6.07 Å². The van der Waals surface area contributed by atoms with Gasteiger partial charge in [0.1, 0.15) is 0 Å². The van der Waals surface area contributed by atoms with Crippen molar-refractivity contribution in [3.05, 3.63) is 32.4 Å². The molecular formula is C9H2ClF3INO. The number of hydrogen-bond acceptors (Lipinski definition) is 2. The smallest absolute Gasteiger partial charge is 0.276 e. The van der Waals surface area contributed by atoms with E-state index in [9.17, 15) is 18.0 Å². The first-order chi connectivity index (χ1) is 7.27. The van der Waals surface area contributed by atoms with Gasteiger partial charge in [-0.05, 0) is 46.3 Å². The van der Waals surface area contributed by atoms with Gasteiger partial charge in [0, 0.05) is 9.13 Å². The Morgan fingerprint density at radius 3 is 2.38 bits per heavy atom. The van der Waals surface area contributed by atoms with Crippen LogP contribution in [0.4, 0.5) is 13.2 Å². The van der Waals surface area contributed by atoms with Crippen molar-refractivity contribution in [2.24, 2.45) is 0 Å². The van der Waals surface area contributed by atoms with Crippen molar-refractivity contribution < 1.29 is 18.0 Å². The molecule has 0 aliphatic carbocycles. The van der Waals surface area contributed by atoms with Gasteiger partial charge in [0.25, 0.3) is 5.24 Å². The molecule has 0 heterocycles. The van der Waals surface area contributed by atoms with E-state index < -0.39 is 22.5 Å². The molecule has 0 amide bonds. The van der Waals surface area contributed by atoms with Gasteiger partial charge in [-0.1, -0.05) is 0 Å². The molecule has 0 radical (unpaired) electrons. The summed E-state index contributed by atoms with van der Waals surface area (Å²) in [6.45, 7) is 0. The number of rotatable bonds is 1. The highest BCUT2D eigenvalue weighted by molar-refractivity contribution is 14.1. The van der Waals surface area contributed by atoms with E-state index in [-0.39, 0.29) is 9.13 Å². The first kappa shape index (κ1) is 13.3. The van der Waals surface area contributed by atoms with Gasteiger partial charge in [0.05, 0.1) is 17.2 Å². The third-order valence-electron chi connectivity index (χ3n) is 1.74. The minimum absolute atomic E-state index is 0.210. The normalized spacial score (nSPS) is 11.0. The van der Waals surface area contributed by atoms with Crippen LogP contribution in [0, 0.1) is 14.9 Å². The lowest BCUT2D eigenvalue weighted by Gasteiger charge is -2.10. The van der Waals surface area contributed by atoms with Crippen LogP contribution >= 0.6 is 34.2 Å². The number of halogens is 5. The summed E-state index contributed by atoms with van der Waals surface area (Å²) < 4.78 is 37.7. The van der Waals surface area contributed by atoms with Crippen molar-refractivity contribution in [3.63, 3.8) is 0 Å². The molecule has 0 spiro atoms. The predicted octanol–water partition coefficient (Wildman–Crippen LogP) is 3.56. The van der Waals surface area contributed by atoms with Crippen molar-refractivity contribution in [2.75, 3.05) is 0 Å². The number of carbonyl (C=O) groups excluding carboxylic acids is 1. The highest BCUT2D eigenvalue weighted by atomic mass is 127. The standard InChI is InChI=1S/C9H2ClF3INO/c10-8(16)5-2-6(9(11,12)13)4(3-15)1-7(5)14/h1-2H. The lowest BCUT2D eigenvalue weighted by molar-refractivity contribution is -0.137. The molecule has 1 aromatic rings. The Morgan fingerprint density at radius 2 is 2.00 bits per heavy atom. The van der Waals surface area contributed by atoms with Crippen molar-refractivity contribution in [2.45, 2.75) is 6.18 Å². The molecule has 2 nitrogen and oxygen atoms in total. The highest BCUT2D eigenvalue weighted by Crippen LogP contribution is 2.34. The number of carbonyl (C=O) groups is 1. The molecule has 16 heavy (non-hydrogen) atoms. The van der Waals surface area contributed by atoms with Crippen LogP contribution in [0.25, 0.3) is 0 Å².